The molecule has 1 unspecified atom stereocenters. The molecule has 0 saturated carbocycles. The summed E-state index contributed by atoms with van der Waals surface area (Å²) >= 11 is 0. The number of hydrogen-bond acceptors (Lipinski definition) is 4. The van der Waals surface area contributed by atoms with Gasteiger partial charge >= 0.3 is 0 Å². The van der Waals surface area contributed by atoms with Crippen LogP contribution in [0.25, 0.3) is 10.4 Å². The molecule has 1 atom stereocenters. The molecule has 1 aliphatic rings. The van der Waals surface area contributed by atoms with Gasteiger partial charge in [-0.3, -0.25) is 5.32 Å². The SMILES string of the molecule is CN1CCC(C#N)(NCCN=[N+]=[N-])C1. The highest BCUT2D eigenvalue weighted by Gasteiger charge is 2.35. The van der Waals surface area contributed by atoms with Crippen molar-refractivity contribution in [2.75, 3.05) is 33.2 Å². The van der Waals surface area contributed by atoms with Crippen molar-refractivity contribution in [3.8, 4) is 6.07 Å². The van der Waals surface area contributed by atoms with Gasteiger partial charge in [-0.05, 0) is 19.0 Å². The number of nitrogens with zero attached hydrogens (tertiary/aromatic N) is 5. The number of hydrogen-bond donors (Lipinski definition) is 1. The second kappa shape index (κ2) is 4.82. The van der Waals surface area contributed by atoms with E-state index in [9.17, 15) is 0 Å². The molecule has 0 bridgehead atoms. The molecule has 0 aliphatic carbocycles. The smallest absolute Gasteiger partial charge is 0.120 e. The molecule has 0 aromatic heterocycles. The van der Waals surface area contributed by atoms with Crippen molar-refractivity contribution in [3.63, 3.8) is 0 Å². The molecule has 1 saturated heterocycles. The molecule has 1 rings (SSSR count). The first kappa shape index (κ1) is 10.8. The van der Waals surface area contributed by atoms with Crippen LogP contribution in [0.1, 0.15) is 6.42 Å². The highest BCUT2D eigenvalue weighted by Crippen LogP contribution is 2.18. The third-order valence-electron chi connectivity index (χ3n) is 2.41. The summed E-state index contributed by atoms with van der Waals surface area (Å²) < 4.78 is 0. The van der Waals surface area contributed by atoms with Crippen molar-refractivity contribution in [1.29, 1.82) is 5.26 Å². The van der Waals surface area contributed by atoms with Crippen LogP contribution >= 0.6 is 0 Å². The molecular weight excluding hydrogens is 180 g/mol. The first-order valence-corrected chi connectivity index (χ1v) is 4.58. The number of nitrogens with one attached hydrogen (secondary N) is 1. The topological polar surface area (TPSA) is 87.8 Å². The van der Waals surface area contributed by atoms with Gasteiger partial charge in [-0.15, -0.1) is 0 Å². The van der Waals surface area contributed by atoms with Gasteiger partial charge in [0.15, 0.2) is 0 Å². The van der Waals surface area contributed by atoms with Crippen LogP contribution in [0.2, 0.25) is 0 Å². The van der Waals surface area contributed by atoms with Crippen molar-refractivity contribution in [2.24, 2.45) is 5.11 Å². The number of likely N-dealkylation sites (N-methyl/N-ethyl adjacent to an activating group) is 1. The van der Waals surface area contributed by atoms with E-state index in [1.54, 1.807) is 0 Å². The summed E-state index contributed by atoms with van der Waals surface area (Å²) in [5.41, 5.74) is 7.63. The lowest BCUT2D eigenvalue weighted by molar-refractivity contribution is 0.367. The standard InChI is InChI=1S/C8H14N6/c1-14-5-2-8(6-9,7-14)11-3-4-12-13-10/h11H,2-5,7H2,1H3. The molecule has 6 heteroatoms. The molecule has 1 fully saturated rings. The van der Waals surface area contributed by atoms with Crippen LogP contribution in [0.4, 0.5) is 0 Å². The highest BCUT2D eigenvalue weighted by molar-refractivity contribution is 5.12. The van der Waals surface area contributed by atoms with Crippen LogP contribution < -0.4 is 5.32 Å². The van der Waals surface area contributed by atoms with Gasteiger partial charge in [0.1, 0.15) is 5.54 Å². The Morgan fingerprint density at radius 3 is 3.07 bits per heavy atom. The molecule has 0 amide bonds. The molecule has 0 spiro atoms. The van der Waals surface area contributed by atoms with Crippen molar-refractivity contribution < 1.29 is 0 Å². The summed E-state index contributed by atoms with van der Waals surface area (Å²) in [4.78, 5) is 4.77. The molecule has 1 heterocycles. The van der Waals surface area contributed by atoms with Crippen LogP contribution in [0.3, 0.4) is 0 Å². The van der Waals surface area contributed by atoms with Gasteiger partial charge in [0.2, 0.25) is 0 Å². The van der Waals surface area contributed by atoms with E-state index >= 15 is 0 Å². The summed E-state index contributed by atoms with van der Waals surface area (Å²) in [6.07, 6.45) is 0.830. The second-order valence-electron chi connectivity index (χ2n) is 3.56. The minimum atomic E-state index is -0.445. The maximum atomic E-state index is 9.05. The predicted molar refractivity (Wildman–Crippen MR) is 52.5 cm³/mol. The van der Waals surface area contributed by atoms with Crippen LogP contribution in [0, 0.1) is 11.3 Å². The van der Waals surface area contributed by atoms with Crippen LogP contribution in [0.15, 0.2) is 5.11 Å². The average Bonchev–Trinajstić information content (AvgIpc) is 2.56. The van der Waals surface area contributed by atoms with Crippen LogP contribution in [-0.2, 0) is 0 Å². The molecule has 0 aromatic carbocycles. The van der Waals surface area contributed by atoms with Crippen LogP contribution in [-0.4, -0.2) is 43.7 Å². The molecule has 1 aliphatic heterocycles. The second-order valence-corrected chi connectivity index (χ2v) is 3.56. The van der Waals surface area contributed by atoms with E-state index in [2.05, 4.69) is 26.3 Å². The van der Waals surface area contributed by atoms with Gasteiger partial charge in [-0.1, -0.05) is 5.11 Å². The van der Waals surface area contributed by atoms with Gasteiger partial charge in [0.05, 0.1) is 6.07 Å². The van der Waals surface area contributed by atoms with E-state index < -0.39 is 5.54 Å². The maximum absolute atomic E-state index is 9.05. The third kappa shape index (κ3) is 2.60. The zero-order valence-corrected chi connectivity index (χ0v) is 8.27. The van der Waals surface area contributed by atoms with E-state index in [-0.39, 0.29) is 0 Å². The average molecular weight is 194 g/mol. The third-order valence-corrected chi connectivity index (χ3v) is 2.41. The van der Waals surface area contributed by atoms with Crippen molar-refractivity contribution in [3.05, 3.63) is 10.4 Å². The number of likely N-dealkylation sites (tertiary alicyclic amines) is 1. The number of nitriles is 1. The fourth-order valence-electron chi connectivity index (χ4n) is 1.67. The van der Waals surface area contributed by atoms with E-state index in [4.69, 9.17) is 10.8 Å². The lowest BCUT2D eigenvalue weighted by atomic mass is 10.0. The molecule has 0 radical (unpaired) electrons. The minimum Gasteiger partial charge on any atom is -0.303 e. The molecule has 14 heavy (non-hydrogen) atoms. The van der Waals surface area contributed by atoms with Gasteiger partial charge in [0.25, 0.3) is 0 Å². The molecule has 76 valence electrons. The Morgan fingerprint density at radius 1 is 1.79 bits per heavy atom. The van der Waals surface area contributed by atoms with Gasteiger partial charge < -0.3 is 4.90 Å². The Labute approximate surface area is 83.1 Å². The fraction of sp³-hybridized carbons (Fsp3) is 0.875. The Bertz CT molecular complexity index is 276. The summed E-state index contributed by atoms with van der Waals surface area (Å²) in [6.45, 7) is 2.62. The van der Waals surface area contributed by atoms with Crippen molar-refractivity contribution >= 4 is 0 Å². The Hall–Kier alpha value is -1.28. The fourth-order valence-corrected chi connectivity index (χ4v) is 1.67. The first-order chi connectivity index (χ1) is 6.72. The number of rotatable bonds is 4. The summed E-state index contributed by atoms with van der Waals surface area (Å²) in [7, 11) is 1.99. The van der Waals surface area contributed by atoms with E-state index in [0.717, 1.165) is 19.5 Å². The van der Waals surface area contributed by atoms with Crippen molar-refractivity contribution in [2.45, 2.75) is 12.0 Å². The largest absolute Gasteiger partial charge is 0.303 e. The summed E-state index contributed by atoms with van der Waals surface area (Å²) in [6, 6.07) is 2.30. The molecular formula is C8H14N6. The van der Waals surface area contributed by atoms with Gasteiger partial charge in [-0.25, -0.2) is 0 Å². The predicted octanol–water partition coefficient (Wildman–Crippen LogP) is 0.484. The van der Waals surface area contributed by atoms with Gasteiger partial charge in [-0.2, -0.15) is 5.26 Å². The zero-order chi connectivity index (χ0) is 10.4. The first-order valence-electron chi connectivity index (χ1n) is 4.58. The highest BCUT2D eigenvalue weighted by atomic mass is 15.2. The Morgan fingerprint density at radius 2 is 2.57 bits per heavy atom. The number of azide groups is 1. The quantitative estimate of drug-likeness (QED) is 0.305. The zero-order valence-electron chi connectivity index (χ0n) is 8.27. The molecule has 0 aromatic rings. The normalized spacial score (nSPS) is 26.9. The van der Waals surface area contributed by atoms with Gasteiger partial charge in [0, 0.05) is 31.1 Å². The summed E-state index contributed by atoms with van der Waals surface area (Å²) in [5.74, 6) is 0. The van der Waals surface area contributed by atoms with E-state index in [0.29, 0.717) is 13.1 Å². The Kier molecular flexibility index (Phi) is 3.72. The lowest BCUT2D eigenvalue weighted by Gasteiger charge is -2.21. The molecule has 6 nitrogen and oxygen atoms in total. The molecule has 1 N–H and O–H groups in total. The summed E-state index contributed by atoms with van der Waals surface area (Å²) in [5, 5.41) is 15.6. The monoisotopic (exact) mass is 194 g/mol. The lowest BCUT2D eigenvalue weighted by Crippen LogP contribution is -2.46. The van der Waals surface area contributed by atoms with Crippen molar-refractivity contribution in [1.82, 2.24) is 10.2 Å². The minimum absolute atomic E-state index is 0.393. The Balaban J connectivity index is 2.40. The van der Waals surface area contributed by atoms with E-state index in [1.165, 1.54) is 0 Å². The van der Waals surface area contributed by atoms with Crippen LogP contribution in [0.5, 0.6) is 0 Å². The van der Waals surface area contributed by atoms with E-state index in [1.807, 2.05) is 7.05 Å². The maximum Gasteiger partial charge on any atom is 0.120 e.